The second-order valence-electron chi connectivity index (χ2n) is 9.38. The van der Waals surface area contributed by atoms with Crippen LogP contribution in [0.25, 0.3) is 11.3 Å². The maximum absolute atomic E-state index is 13.7. The van der Waals surface area contributed by atoms with Gasteiger partial charge in [-0.15, -0.1) is 0 Å². The topological polar surface area (TPSA) is 98.1 Å². The van der Waals surface area contributed by atoms with Gasteiger partial charge in [-0.05, 0) is 56.2 Å². The first kappa shape index (κ1) is 20.3. The Labute approximate surface area is 192 Å². The summed E-state index contributed by atoms with van der Waals surface area (Å²) < 4.78 is 7.79. The van der Waals surface area contributed by atoms with Crippen LogP contribution in [0, 0.1) is 12.8 Å². The zero-order chi connectivity index (χ0) is 22.4. The molecule has 1 N–H and O–H groups in total. The molecule has 3 aliphatic rings. The summed E-state index contributed by atoms with van der Waals surface area (Å²) in [6.45, 7) is 5.07. The number of nitrogens with zero attached hydrogens (tertiary/aromatic N) is 6. The van der Waals surface area contributed by atoms with E-state index in [1.54, 1.807) is 18.5 Å². The molecule has 1 aliphatic carbocycles. The molecule has 6 rings (SSSR count). The van der Waals surface area contributed by atoms with Crippen molar-refractivity contribution in [1.82, 2.24) is 29.4 Å². The summed E-state index contributed by atoms with van der Waals surface area (Å²) in [4.78, 5) is 33.1. The summed E-state index contributed by atoms with van der Waals surface area (Å²) in [6.07, 6.45) is 11.2. The Balaban J connectivity index is 1.35. The fraction of sp³-hybridized carbons (Fsp3) is 0.458. The van der Waals surface area contributed by atoms with Crippen molar-refractivity contribution in [3.05, 3.63) is 48.3 Å². The van der Waals surface area contributed by atoms with E-state index in [2.05, 4.69) is 35.9 Å². The minimum atomic E-state index is -0.151. The molecule has 33 heavy (non-hydrogen) atoms. The number of anilines is 2. The minimum absolute atomic E-state index is 0.132. The zero-order valence-corrected chi connectivity index (χ0v) is 18.7. The quantitative estimate of drug-likeness (QED) is 0.644. The number of carbonyl (C=O) groups is 1. The summed E-state index contributed by atoms with van der Waals surface area (Å²) in [6, 6.07) is 3.75. The SMILES string of the molecule is Cc1cnc(Nc2ccncn2)nc1-c1cc2n(c1)CC1(CCOCC1)N(CC1CC1)C2=O. The van der Waals surface area contributed by atoms with Crippen LogP contribution in [0.15, 0.2) is 37.1 Å². The third-order valence-electron chi connectivity index (χ3n) is 7.03. The van der Waals surface area contributed by atoms with Crippen LogP contribution in [0.4, 0.5) is 11.8 Å². The molecule has 0 unspecified atom stereocenters. The number of aryl methyl sites for hydroxylation is 1. The summed E-state index contributed by atoms with van der Waals surface area (Å²) in [5.41, 5.74) is 3.28. The smallest absolute Gasteiger partial charge is 0.271 e. The number of ether oxygens (including phenoxy) is 1. The molecule has 1 saturated heterocycles. The van der Waals surface area contributed by atoms with Gasteiger partial charge in [0.2, 0.25) is 5.95 Å². The molecule has 9 nitrogen and oxygen atoms in total. The first-order chi connectivity index (χ1) is 16.1. The highest BCUT2D eigenvalue weighted by molar-refractivity contribution is 5.95. The van der Waals surface area contributed by atoms with Crippen molar-refractivity contribution in [3.8, 4) is 11.3 Å². The van der Waals surface area contributed by atoms with Crippen LogP contribution in [-0.2, 0) is 11.3 Å². The van der Waals surface area contributed by atoms with Gasteiger partial charge in [0.05, 0.1) is 11.2 Å². The van der Waals surface area contributed by atoms with E-state index < -0.39 is 0 Å². The molecule has 0 bridgehead atoms. The Bertz CT molecular complexity index is 1180. The van der Waals surface area contributed by atoms with Gasteiger partial charge in [-0.1, -0.05) is 0 Å². The molecule has 0 atom stereocenters. The summed E-state index contributed by atoms with van der Waals surface area (Å²) in [5.74, 6) is 1.87. The second-order valence-corrected chi connectivity index (χ2v) is 9.38. The first-order valence-electron chi connectivity index (χ1n) is 11.6. The maximum Gasteiger partial charge on any atom is 0.271 e. The Morgan fingerprint density at radius 2 is 2.09 bits per heavy atom. The van der Waals surface area contributed by atoms with E-state index in [9.17, 15) is 4.79 Å². The van der Waals surface area contributed by atoms with E-state index in [4.69, 9.17) is 9.72 Å². The van der Waals surface area contributed by atoms with Gasteiger partial charge in [-0.3, -0.25) is 4.79 Å². The molecule has 3 aromatic heterocycles. The van der Waals surface area contributed by atoms with Crippen LogP contribution in [0.5, 0.6) is 0 Å². The van der Waals surface area contributed by atoms with E-state index in [0.717, 1.165) is 48.4 Å². The van der Waals surface area contributed by atoms with Gasteiger partial charge in [0.25, 0.3) is 5.91 Å². The number of nitrogens with one attached hydrogen (secondary N) is 1. The fourth-order valence-electron chi connectivity index (χ4n) is 4.99. The fourth-order valence-corrected chi connectivity index (χ4v) is 4.99. The lowest BCUT2D eigenvalue weighted by atomic mass is 9.85. The predicted octanol–water partition coefficient (Wildman–Crippen LogP) is 3.20. The van der Waals surface area contributed by atoms with Crippen LogP contribution in [-0.4, -0.2) is 60.6 Å². The molecule has 2 aliphatic heterocycles. The lowest BCUT2D eigenvalue weighted by molar-refractivity contribution is -0.0367. The van der Waals surface area contributed by atoms with Gasteiger partial charge in [0.15, 0.2) is 0 Å². The van der Waals surface area contributed by atoms with Crippen LogP contribution in [0.2, 0.25) is 0 Å². The molecular weight excluding hydrogens is 418 g/mol. The van der Waals surface area contributed by atoms with Gasteiger partial charge < -0.3 is 19.5 Å². The number of carbonyl (C=O) groups excluding carboxylic acids is 1. The van der Waals surface area contributed by atoms with Crippen LogP contribution in [0.1, 0.15) is 41.7 Å². The van der Waals surface area contributed by atoms with E-state index in [1.807, 2.05) is 13.0 Å². The van der Waals surface area contributed by atoms with Crippen molar-refractivity contribution < 1.29 is 9.53 Å². The Morgan fingerprint density at radius 1 is 1.24 bits per heavy atom. The minimum Gasteiger partial charge on any atom is -0.381 e. The van der Waals surface area contributed by atoms with Gasteiger partial charge >= 0.3 is 0 Å². The number of hydrogen-bond acceptors (Lipinski definition) is 7. The zero-order valence-electron chi connectivity index (χ0n) is 18.7. The van der Waals surface area contributed by atoms with Crippen molar-refractivity contribution in [2.24, 2.45) is 5.92 Å². The van der Waals surface area contributed by atoms with Crippen molar-refractivity contribution in [2.45, 2.75) is 44.7 Å². The van der Waals surface area contributed by atoms with Crippen molar-refractivity contribution in [3.63, 3.8) is 0 Å². The van der Waals surface area contributed by atoms with Crippen LogP contribution >= 0.6 is 0 Å². The monoisotopic (exact) mass is 445 g/mol. The molecule has 1 amide bonds. The predicted molar refractivity (Wildman–Crippen MR) is 122 cm³/mol. The van der Waals surface area contributed by atoms with Gasteiger partial charge in [-0.25, -0.2) is 19.9 Å². The molecule has 0 radical (unpaired) electrons. The van der Waals surface area contributed by atoms with E-state index in [0.29, 0.717) is 30.9 Å². The highest BCUT2D eigenvalue weighted by Gasteiger charge is 2.47. The standard InChI is InChI=1S/C24H27N7O2/c1-16-11-26-23(28-20-4-7-25-15-27-20)29-21(16)18-10-19-22(32)31(12-17-2-3-17)24(14-30(19)13-18)5-8-33-9-6-24/h4,7,10-11,13,15,17H,2-3,5-6,8-9,12,14H2,1H3,(H,25,26,27,28,29). The largest absolute Gasteiger partial charge is 0.381 e. The number of aromatic nitrogens is 5. The Hall–Kier alpha value is -3.33. The van der Waals surface area contributed by atoms with E-state index in [1.165, 1.54) is 19.2 Å². The molecule has 170 valence electrons. The lowest BCUT2D eigenvalue weighted by Gasteiger charge is -2.49. The molecule has 0 aromatic carbocycles. The molecule has 9 heteroatoms. The molecular formula is C24H27N7O2. The Kier molecular flexibility index (Phi) is 4.86. The number of fused-ring (bicyclic) bond motifs is 1. The summed E-state index contributed by atoms with van der Waals surface area (Å²) in [5, 5.41) is 3.12. The molecule has 1 spiro atoms. The van der Waals surface area contributed by atoms with E-state index in [-0.39, 0.29) is 11.4 Å². The maximum atomic E-state index is 13.7. The highest BCUT2D eigenvalue weighted by Crippen LogP contribution is 2.41. The molecule has 5 heterocycles. The average molecular weight is 446 g/mol. The number of rotatable bonds is 5. The van der Waals surface area contributed by atoms with Gasteiger partial charge in [0, 0.05) is 50.5 Å². The second kappa shape index (κ2) is 7.91. The number of hydrogen-bond donors (Lipinski definition) is 1. The van der Waals surface area contributed by atoms with Gasteiger partial charge in [0.1, 0.15) is 17.8 Å². The van der Waals surface area contributed by atoms with Crippen molar-refractivity contribution in [2.75, 3.05) is 25.1 Å². The van der Waals surface area contributed by atoms with Crippen LogP contribution in [0.3, 0.4) is 0 Å². The number of amides is 1. The van der Waals surface area contributed by atoms with Gasteiger partial charge in [-0.2, -0.15) is 0 Å². The lowest BCUT2D eigenvalue weighted by Crippen LogP contribution is -2.60. The van der Waals surface area contributed by atoms with Crippen molar-refractivity contribution in [1.29, 1.82) is 0 Å². The normalized spacial score (nSPS) is 19.5. The summed E-state index contributed by atoms with van der Waals surface area (Å²) >= 11 is 0. The average Bonchev–Trinajstić information content (AvgIpc) is 3.56. The Morgan fingerprint density at radius 3 is 2.85 bits per heavy atom. The molecule has 1 saturated carbocycles. The third kappa shape index (κ3) is 3.76. The molecule has 3 aromatic rings. The third-order valence-corrected chi connectivity index (χ3v) is 7.03. The first-order valence-corrected chi connectivity index (χ1v) is 11.6. The van der Waals surface area contributed by atoms with Crippen molar-refractivity contribution >= 4 is 17.7 Å². The van der Waals surface area contributed by atoms with E-state index >= 15 is 0 Å². The molecule has 2 fully saturated rings. The highest BCUT2D eigenvalue weighted by atomic mass is 16.5. The van der Waals surface area contributed by atoms with Crippen LogP contribution < -0.4 is 5.32 Å². The summed E-state index contributed by atoms with van der Waals surface area (Å²) in [7, 11) is 0.